The summed E-state index contributed by atoms with van der Waals surface area (Å²) in [5.41, 5.74) is 7.26. The molecule has 0 aliphatic carbocycles. The Morgan fingerprint density at radius 2 is 2.00 bits per heavy atom. The number of thiophene rings is 1. The first kappa shape index (κ1) is 12.7. The second-order valence-corrected chi connectivity index (χ2v) is 4.94. The van der Waals surface area contributed by atoms with Crippen molar-refractivity contribution in [3.63, 3.8) is 0 Å². The van der Waals surface area contributed by atoms with Crippen LogP contribution in [-0.2, 0) is 0 Å². The third kappa shape index (κ3) is 3.05. The molecule has 15 heavy (non-hydrogen) atoms. The summed E-state index contributed by atoms with van der Waals surface area (Å²) in [6.07, 6.45) is 0. The number of benzene rings is 1. The Hall–Kier alpha value is -0.350. The normalized spacial score (nSPS) is 11.9. The van der Waals surface area contributed by atoms with Crippen LogP contribution in [0.5, 0.6) is 0 Å². The molecule has 0 aliphatic rings. The molecule has 1 heterocycles. The maximum absolute atomic E-state index is 6.12. The summed E-state index contributed by atoms with van der Waals surface area (Å²) in [6.45, 7) is 0. The zero-order valence-corrected chi connectivity index (χ0v) is 11.1. The smallest absolute Gasteiger partial charge is 0.0646 e. The van der Waals surface area contributed by atoms with Gasteiger partial charge in [0.2, 0.25) is 0 Å². The summed E-state index contributed by atoms with van der Waals surface area (Å²) >= 11 is 5.13. The first-order chi connectivity index (χ1) is 6.77. The molecule has 1 atom stereocenters. The van der Waals surface area contributed by atoms with E-state index in [0.717, 1.165) is 10.0 Å². The number of hydrogen-bond donors (Lipinski definition) is 1. The van der Waals surface area contributed by atoms with Crippen LogP contribution < -0.4 is 5.73 Å². The van der Waals surface area contributed by atoms with E-state index in [4.69, 9.17) is 5.73 Å². The molecule has 1 aromatic heterocycles. The highest BCUT2D eigenvalue weighted by Crippen LogP contribution is 2.25. The molecule has 2 aromatic rings. The SMILES string of the molecule is Cl.N[C@@H](c1cccc(Br)c1)c1cccs1. The lowest BCUT2D eigenvalue weighted by Gasteiger charge is -2.09. The van der Waals surface area contributed by atoms with Gasteiger partial charge in [-0.3, -0.25) is 0 Å². The van der Waals surface area contributed by atoms with E-state index in [0.29, 0.717) is 0 Å². The molecular formula is C11H11BrClNS. The highest BCUT2D eigenvalue weighted by atomic mass is 79.9. The van der Waals surface area contributed by atoms with E-state index in [1.165, 1.54) is 4.88 Å². The first-order valence-electron chi connectivity index (χ1n) is 4.32. The summed E-state index contributed by atoms with van der Waals surface area (Å²) in [5.74, 6) is 0. The molecule has 80 valence electrons. The van der Waals surface area contributed by atoms with Crippen molar-refractivity contribution >= 4 is 39.7 Å². The minimum absolute atomic E-state index is 0. The summed E-state index contributed by atoms with van der Waals surface area (Å²) in [7, 11) is 0. The standard InChI is InChI=1S/C11H10BrNS.ClH/c12-9-4-1-3-8(7-9)11(13)10-5-2-6-14-10;/h1-7,11H,13H2;1H/t11-;/m0./s1. The van der Waals surface area contributed by atoms with Crippen LogP contribution in [-0.4, -0.2) is 0 Å². The van der Waals surface area contributed by atoms with E-state index < -0.39 is 0 Å². The van der Waals surface area contributed by atoms with Crippen LogP contribution in [0.1, 0.15) is 16.5 Å². The Morgan fingerprint density at radius 3 is 2.60 bits per heavy atom. The molecule has 2 rings (SSSR count). The van der Waals surface area contributed by atoms with E-state index in [-0.39, 0.29) is 18.4 Å². The number of hydrogen-bond acceptors (Lipinski definition) is 2. The molecule has 0 amide bonds. The Kier molecular flexibility index (Phi) is 4.80. The van der Waals surface area contributed by atoms with Crippen LogP contribution in [0, 0.1) is 0 Å². The van der Waals surface area contributed by atoms with Gasteiger partial charge >= 0.3 is 0 Å². The van der Waals surface area contributed by atoms with Gasteiger partial charge in [-0.25, -0.2) is 0 Å². The Bertz CT molecular complexity index is 416. The topological polar surface area (TPSA) is 26.0 Å². The van der Waals surface area contributed by atoms with Gasteiger partial charge in [-0.2, -0.15) is 0 Å². The van der Waals surface area contributed by atoms with Gasteiger partial charge in [-0.1, -0.05) is 34.1 Å². The molecule has 0 unspecified atom stereocenters. The molecule has 1 aromatic carbocycles. The van der Waals surface area contributed by atoms with E-state index in [1.54, 1.807) is 11.3 Å². The number of rotatable bonds is 2. The third-order valence-electron chi connectivity index (χ3n) is 2.06. The minimum atomic E-state index is -0.00694. The minimum Gasteiger partial charge on any atom is -0.320 e. The van der Waals surface area contributed by atoms with Crippen LogP contribution in [0.25, 0.3) is 0 Å². The number of nitrogens with two attached hydrogens (primary N) is 1. The van der Waals surface area contributed by atoms with Gasteiger partial charge in [0, 0.05) is 9.35 Å². The maximum atomic E-state index is 6.12. The molecule has 0 saturated carbocycles. The summed E-state index contributed by atoms with van der Waals surface area (Å²) in [4.78, 5) is 1.20. The summed E-state index contributed by atoms with van der Waals surface area (Å²) in [6, 6.07) is 12.2. The molecule has 0 saturated heterocycles. The van der Waals surface area contributed by atoms with Gasteiger partial charge in [-0.15, -0.1) is 23.7 Å². The molecule has 1 nitrogen and oxygen atoms in total. The molecule has 0 radical (unpaired) electrons. The predicted octanol–water partition coefficient (Wildman–Crippen LogP) is 3.98. The van der Waals surface area contributed by atoms with E-state index in [1.807, 2.05) is 23.6 Å². The van der Waals surface area contributed by atoms with E-state index in [2.05, 4.69) is 34.1 Å². The van der Waals surface area contributed by atoms with Crippen molar-refractivity contribution < 1.29 is 0 Å². The second kappa shape index (κ2) is 5.66. The van der Waals surface area contributed by atoms with Crippen LogP contribution in [0.2, 0.25) is 0 Å². The van der Waals surface area contributed by atoms with Crippen molar-refractivity contribution in [2.45, 2.75) is 6.04 Å². The van der Waals surface area contributed by atoms with Crippen LogP contribution in [0.15, 0.2) is 46.3 Å². The molecule has 2 N–H and O–H groups in total. The Morgan fingerprint density at radius 1 is 1.20 bits per heavy atom. The molecule has 0 fully saturated rings. The predicted molar refractivity (Wildman–Crippen MR) is 71.7 cm³/mol. The van der Waals surface area contributed by atoms with Crippen molar-refractivity contribution in [2.75, 3.05) is 0 Å². The average molecular weight is 305 g/mol. The molecular weight excluding hydrogens is 294 g/mol. The monoisotopic (exact) mass is 303 g/mol. The van der Waals surface area contributed by atoms with Gasteiger partial charge in [0.1, 0.15) is 0 Å². The highest BCUT2D eigenvalue weighted by Gasteiger charge is 2.09. The zero-order chi connectivity index (χ0) is 9.97. The van der Waals surface area contributed by atoms with Crippen molar-refractivity contribution in [3.8, 4) is 0 Å². The van der Waals surface area contributed by atoms with Gasteiger partial charge < -0.3 is 5.73 Å². The summed E-state index contributed by atoms with van der Waals surface area (Å²) in [5, 5.41) is 2.05. The van der Waals surface area contributed by atoms with Crippen LogP contribution in [0.3, 0.4) is 0 Å². The lowest BCUT2D eigenvalue weighted by molar-refractivity contribution is 0.892. The lowest BCUT2D eigenvalue weighted by Crippen LogP contribution is -2.09. The fourth-order valence-corrected chi connectivity index (χ4v) is 2.50. The fourth-order valence-electron chi connectivity index (χ4n) is 1.33. The van der Waals surface area contributed by atoms with Gasteiger partial charge in [-0.05, 0) is 29.1 Å². The van der Waals surface area contributed by atoms with Crippen molar-refractivity contribution in [2.24, 2.45) is 5.73 Å². The molecule has 0 aliphatic heterocycles. The maximum Gasteiger partial charge on any atom is 0.0646 e. The van der Waals surface area contributed by atoms with Crippen molar-refractivity contribution in [1.82, 2.24) is 0 Å². The first-order valence-corrected chi connectivity index (χ1v) is 5.99. The van der Waals surface area contributed by atoms with Crippen molar-refractivity contribution in [3.05, 3.63) is 56.7 Å². The van der Waals surface area contributed by atoms with Gasteiger partial charge in [0.05, 0.1) is 6.04 Å². The zero-order valence-electron chi connectivity index (χ0n) is 7.89. The lowest BCUT2D eigenvalue weighted by atomic mass is 10.1. The van der Waals surface area contributed by atoms with Gasteiger partial charge in [0.25, 0.3) is 0 Å². The van der Waals surface area contributed by atoms with E-state index >= 15 is 0 Å². The van der Waals surface area contributed by atoms with Crippen LogP contribution >= 0.6 is 39.7 Å². The van der Waals surface area contributed by atoms with E-state index in [9.17, 15) is 0 Å². The van der Waals surface area contributed by atoms with Crippen LogP contribution in [0.4, 0.5) is 0 Å². The third-order valence-corrected chi connectivity index (χ3v) is 3.51. The summed E-state index contributed by atoms with van der Waals surface area (Å²) < 4.78 is 1.07. The average Bonchev–Trinajstić information content (AvgIpc) is 2.69. The highest BCUT2D eigenvalue weighted by molar-refractivity contribution is 9.10. The number of halogens is 2. The Labute approximate surface area is 108 Å². The van der Waals surface area contributed by atoms with Gasteiger partial charge in [0.15, 0.2) is 0 Å². The molecule has 0 spiro atoms. The molecule has 0 bridgehead atoms. The molecule has 4 heteroatoms. The second-order valence-electron chi connectivity index (χ2n) is 3.05. The quantitative estimate of drug-likeness (QED) is 0.892. The largest absolute Gasteiger partial charge is 0.320 e. The van der Waals surface area contributed by atoms with Crippen molar-refractivity contribution in [1.29, 1.82) is 0 Å². The Balaban J connectivity index is 0.00000112. The fraction of sp³-hybridized carbons (Fsp3) is 0.0909.